The van der Waals surface area contributed by atoms with Crippen LogP contribution in [-0.2, 0) is 9.59 Å². The van der Waals surface area contributed by atoms with Gasteiger partial charge in [0.15, 0.2) is 5.65 Å². The zero-order chi connectivity index (χ0) is 39.3. The SMILES string of the molecule is Nc1ncnc2c1c(-c1ccc(Oc3ccccc3)cc1)nn2C1CCC2(C1)CN(C1CN(C3CN(c4ccc5c(c4)C(=O)N(C4CCC(=O)NC4=O)C5=O)C3)C1)C2. The maximum Gasteiger partial charge on any atom is 0.262 e. The molecule has 1 spiro atoms. The van der Waals surface area contributed by atoms with E-state index in [-0.39, 0.29) is 30.2 Å². The van der Waals surface area contributed by atoms with Gasteiger partial charge in [0.1, 0.15) is 35.4 Å². The maximum absolute atomic E-state index is 13.3. The van der Waals surface area contributed by atoms with Crippen molar-refractivity contribution in [3.8, 4) is 22.8 Å². The van der Waals surface area contributed by atoms with Crippen LogP contribution in [0.25, 0.3) is 22.3 Å². The van der Waals surface area contributed by atoms with Crippen molar-refractivity contribution in [1.82, 2.24) is 39.8 Å². The number of benzene rings is 3. The largest absolute Gasteiger partial charge is 0.457 e. The summed E-state index contributed by atoms with van der Waals surface area (Å²) in [6.45, 7) is 6.01. The van der Waals surface area contributed by atoms with Crippen LogP contribution in [0.4, 0.5) is 11.5 Å². The summed E-state index contributed by atoms with van der Waals surface area (Å²) in [6, 6.07) is 23.3. The molecule has 4 amide bonds. The number of para-hydroxylation sites is 1. The van der Waals surface area contributed by atoms with Crippen molar-refractivity contribution in [1.29, 1.82) is 0 Å². The fraction of sp³-hybridized carbons (Fsp3) is 0.372. The average Bonchev–Trinajstić information content (AvgIpc) is 3.86. The number of nitrogen functional groups attached to an aromatic ring is 1. The smallest absolute Gasteiger partial charge is 0.262 e. The number of hydrogen-bond acceptors (Lipinski definition) is 12. The van der Waals surface area contributed by atoms with E-state index in [0.29, 0.717) is 29.0 Å². The van der Waals surface area contributed by atoms with E-state index in [0.717, 1.165) is 103 Å². The zero-order valence-electron chi connectivity index (χ0n) is 31.8. The molecule has 5 fully saturated rings. The molecule has 3 N–H and O–H groups in total. The molecule has 0 bridgehead atoms. The molecular formula is C43H42N10O5. The summed E-state index contributed by atoms with van der Waals surface area (Å²) >= 11 is 0. The van der Waals surface area contributed by atoms with Crippen LogP contribution in [0.1, 0.15) is 58.9 Å². The van der Waals surface area contributed by atoms with Gasteiger partial charge < -0.3 is 15.4 Å². The number of piperidine rings is 1. The van der Waals surface area contributed by atoms with Crippen molar-refractivity contribution >= 4 is 46.2 Å². The molecule has 11 rings (SSSR count). The lowest BCUT2D eigenvalue weighted by Crippen LogP contribution is -2.73. The Morgan fingerprint density at radius 1 is 0.776 bits per heavy atom. The molecule has 294 valence electrons. The quantitative estimate of drug-likeness (QED) is 0.218. The minimum Gasteiger partial charge on any atom is -0.457 e. The Morgan fingerprint density at radius 2 is 1.52 bits per heavy atom. The van der Waals surface area contributed by atoms with Gasteiger partial charge in [-0.05, 0) is 85.7 Å². The summed E-state index contributed by atoms with van der Waals surface area (Å²) in [6.07, 6.45) is 5.04. The number of carbonyl (C=O) groups excluding carboxylic acids is 4. The highest BCUT2D eigenvalue weighted by molar-refractivity contribution is 6.23. The summed E-state index contributed by atoms with van der Waals surface area (Å²) < 4.78 is 8.12. The summed E-state index contributed by atoms with van der Waals surface area (Å²) in [5.41, 5.74) is 10.8. The highest BCUT2D eigenvalue weighted by Crippen LogP contribution is 2.52. The molecule has 5 aromatic rings. The van der Waals surface area contributed by atoms with Gasteiger partial charge in [-0.25, -0.2) is 14.6 Å². The van der Waals surface area contributed by atoms with Gasteiger partial charge in [-0.3, -0.25) is 39.2 Å². The van der Waals surface area contributed by atoms with Gasteiger partial charge >= 0.3 is 0 Å². The number of carbonyl (C=O) groups is 4. The normalized spacial score (nSPS) is 23.6. The van der Waals surface area contributed by atoms with Gasteiger partial charge in [0.25, 0.3) is 11.8 Å². The average molecular weight is 779 g/mol. The number of likely N-dealkylation sites (tertiary alicyclic amines) is 2. The van der Waals surface area contributed by atoms with E-state index in [4.69, 9.17) is 15.6 Å². The highest BCUT2D eigenvalue weighted by atomic mass is 16.5. The lowest BCUT2D eigenvalue weighted by Gasteiger charge is -2.60. The second-order valence-corrected chi connectivity index (χ2v) is 16.8. The Morgan fingerprint density at radius 3 is 2.29 bits per heavy atom. The lowest BCUT2D eigenvalue weighted by molar-refractivity contribution is -0.136. The first-order chi connectivity index (χ1) is 28.2. The van der Waals surface area contributed by atoms with E-state index in [2.05, 4.69) is 34.7 Å². The van der Waals surface area contributed by atoms with Gasteiger partial charge in [-0.15, -0.1) is 0 Å². The number of hydrogen-bond donors (Lipinski definition) is 2. The number of amides is 4. The predicted octanol–water partition coefficient (Wildman–Crippen LogP) is 3.87. The molecule has 58 heavy (non-hydrogen) atoms. The molecule has 2 aromatic heterocycles. The van der Waals surface area contributed by atoms with Crippen molar-refractivity contribution in [2.24, 2.45) is 5.41 Å². The number of imide groups is 2. The summed E-state index contributed by atoms with van der Waals surface area (Å²) in [7, 11) is 0. The van der Waals surface area contributed by atoms with Crippen molar-refractivity contribution in [2.45, 2.75) is 56.3 Å². The van der Waals surface area contributed by atoms with Crippen LogP contribution in [0, 0.1) is 5.41 Å². The first-order valence-corrected chi connectivity index (χ1v) is 20.1. The zero-order valence-corrected chi connectivity index (χ0v) is 31.8. The van der Waals surface area contributed by atoms with Gasteiger partial charge in [0, 0.05) is 69.0 Å². The highest BCUT2D eigenvalue weighted by Gasteiger charge is 2.53. The summed E-state index contributed by atoms with van der Waals surface area (Å²) in [5, 5.41) is 8.20. The number of nitrogens with two attached hydrogens (primary N) is 1. The number of anilines is 2. The van der Waals surface area contributed by atoms with Crippen LogP contribution in [-0.4, -0.2) is 115 Å². The van der Waals surface area contributed by atoms with Crippen LogP contribution < -0.4 is 20.7 Å². The molecule has 1 aliphatic carbocycles. The van der Waals surface area contributed by atoms with Crippen LogP contribution in [0.5, 0.6) is 11.5 Å². The third kappa shape index (κ3) is 5.66. The fourth-order valence-electron chi connectivity index (χ4n) is 10.1. The second-order valence-electron chi connectivity index (χ2n) is 16.8. The molecule has 7 heterocycles. The van der Waals surface area contributed by atoms with E-state index in [1.165, 1.54) is 6.33 Å². The molecule has 3 aromatic carbocycles. The van der Waals surface area contributed by atoms with Crippen LogP contribution in [0.2, 0.25) is 0 Å². The number of nitrogens with zero attached hydrogens (tertiary/aromatic N) is 8. The number of rotatable bonds is 8. The van der Waals surface area contributed by atoms with Crippen LogP contribution in [0.15, 0.2) is 79.1 Å². The third-order valence-corrected chi connectivity index (χ3v) is 13.3. The second kappa shape index (κ2) is 13.2. The minimum atomic E-state index is -0.964. The molecule has 1 saturated carbocycles. The van der Waals surface area contributed by atoms with Crippen molar-refractivity contribution in [3.05, 3.63) is 90.3 Å². The third-order valence-electron chi connectivity index (χ3n) is 13.3. The van der Waals surface area contributed by atoms with Crippen molar-refractivity contribution < 1.29 is 23.9 Å². The summed E-state index contributed by atoms with van der Waals surface area (Å²) in [5.74, 6) is 0.0195. The van der Waals surface area contributed by atoms with Gasteiger partial charge in [0.2, 0.25) is 11.8 Å². The Labute approximate surface area is 333 Å². The van der Waals surface area contributed by atoms with E-state index >= 15 is 0 Å². The first kappa shape index (κ1) is 35.0. The van der Waals surface area contributed by atoms with E-state index in [9.17, 15) is 19.2 Å². The molecule has 0 radical (unpaired) electrons. The number of fused-ring (bicyclic) bond motifs is 2. The minimum absolute atomic E-state index is 0.0990. The molecule has 2 unspecified atom stereocenters. The monoisotopic (exact) mass is 778 g/mol. The van der Waals surface area contributed by atoms with Crippen molar-refractivity contribution in [2.75, 3.05) is 49.9 Å². The van der Waals surface area contributed by atoms with Crippen molar-refractivity contribution in [3.63, 3.8) is 0 Å². The Balaban J connectivity index is 0.691. The van der Waals surface area contributed by atoms with Gasteiger partial charge in [-0.2, -0.15) is 5.10 Å². The molecule has 5 aliphatic heterocycles. The Bertz CT molecular complexity index is 2510. The molecule has 4 saturated heterocycles. The summed E-state index contributed by atoms with van der Waals surface area (Å²) in [4.78, 5) is 68.0. The maximum atomic E-state index is 13.3. The number of aromatic nitrogens is 4. The molecule has 15 heteroatoms. The van der Waals surface area contributed by atoms with Gasteiger partial charge in [-0.1, -0.05) is 18.2 Å². The van der Waals surface area contributed by atoms with E-state index in [1.54, 1.807) is 12.1 Å². The molecule has 6 aliphatic rings. The van der Waals surface area contributed by atoms with Crippen LogP contribution in [0.3, 0.4) is 0 Å². The Hall–Kier alpha value is -6.19. The van der Waals surface area contributed by atoms with E-state index in [1.807, 2.05) is 60.7 Å². The standard InChI is InChI=1S/C43H42N10O5/c44-38-36-37(25-6-9-31(10-7-25)58-30-4-2-1-3-5-30)48-53(39(36)46-24-45-38)27-14-15-43(17-27)22-51(23-43)29-20-50(21-29)28-18-49(19-28)26-8-11-32-33(16-26)42(57)52(41(32)56)34-12-13-35(54)47-40(34)55/h1-11,16,24,27-29,34H,12-15,17-23H2,(H2,44,45,46)(H,47,54,55). The van der Waals surface area contributed by atoms with Gasteiger partial charge in [0.05, 0.1) is 22.6 Å². The fourth-order valence-corrected chi connectivity index (χ4v) is 10.1. The molecule has 15 nitrogen and oxygen atoms in total. The predicted molar refractivity (Wildman–Crippen MR) is 213 cm³/mol. The number of ether oxygens (including phenoxy) is 1. The van der Waals surface area contributed by atoms with Crippen LogP contribution >= 0.6 is 0 Å². The lowest BCUT2D eigenvalue weighted by atomic mass is 9.76. The van der Waals surface area contributed by atoms with E-state index < -0.39 is 23.8 Å². The topological polar surface area (TPSA) is 172 Å². The molecule has 2 atom stereocenters. The Kier molecular flexibility index (Phi) is 7.95. The molecular weight excluding hydrogens is 737 g/mol. The number of nitrogens with one attached hydrogen (secondary N) is 1. The first-order valence-electron chi connectivity index (χ1n) is 20.1.